The van der Waals surface area contributed by atoms with Crippen molar-refractivity contribution < 1.29 is 19.6 Å². The number of carboxylic acids is 1. The molecule has 9 heteroatoms. The highest BCUT2D eigenvalue weighted by Crippen LogP contribution is 2.31. The van der Waals surface area contributed by atoms with Crippen LogP contribution in [-0.2, 0) is 0 Å². The lowest BCUT2D eigenvalue weighted by Crippen LogP contribution is -2.02. The molecule has 21 heavy (non-hydrogen) atoms. The summed E-state index contributed by atoms with van der Waals surface area (Å²) in [6.07, 6.45) is 0. The number of benzene rings is 1. The largest absolute Gasteiger partial charge is 0.476 e. The van der Waals surface area contributed by atoms with Gasteiger partial charge in [-0.15, -0.1) is 10.2 Å². The number of aromatic nitrogens is 2. The maximum absolute atomic E-state index is 10.9. The van der Waals surface area contributed by atoms with Crippen molar-refractivity contribution >= 4 is 11.7 Å². The normalized spacial score (nSPS) is 9.67. The molecule has 0 unspecified atom stereocenters. The van der Waals surface area contributed by atoms with Crippen molar-refractivity contribution in [1.29, 1.82) is 5.26 Å². The average Bonchev–Trinajstić information content (AvgIpc) is 2.48. The summed E-state index contributed by atoms with van der Waals surface area (Å²) in [7, 11) is 0. The van der Waals surface area contributed by atoms with E-state index in [2.05, 4.69) is 10.2 Å². The number of hydrogen-bond donors (Lipinski definition) is 1. The first-order chi connectivity index (χ1) is 10.0. The van der Waals surface area contributed by atoms with Crippen molar-refractivity contribution in [3.63, 3.8) is 0 Å². The predicted molar refractivity (Wildman–Crippen MR) is 66.9 cm³/mol. The Morgan fingerprint density at radius 3 is 2.62 bits per heavy atom. The van der Waals surface area contributed by atoms with Crippen molar-refractivity contribution in [2.75, 3.05) is 0 Å². The number of nitro groups is 1. The Labute approximate surface area is 117 Å². The van der Waals surface area contributed by atoms with Gasteiger partial charge in [-0.2, -0.15) is 5.26 Å². The molecule has 0 bridgehead atoms. The van der Waals surface area contributed by atoms with Gasteiger partial charge in [-0.1, -0.05) is 0 Å². The SMILES string of the molecule is N#Cc1ccc(Oc2ccc(C(=O)O)nn2)c([N+](=O)[O-])c1. The number of nitro benzene ring substituents is 1. The van der Waals surface area contributed by atoms with E-state index < -0.39 is 16.6 Å². The van der Waals surface area contributed by atoms with E-state index in [9.17, 15) is 14.9 Å². The molecule has 1 aromatic carbocycles. The summed E-state index contributed by atoms with van der Waals surface area (Å²) in [5.41, 5.74) is -0.573. The molecule has 0 radical (unpaired) electrons. The molecule has 0 fully saturated rings. The lowest BCUT2D eigenvalue weighted by Gasteiger charge is -2.05. The fourth-order valence-electron chi connectivity index (χ4n) is 1.42. The van der Waals surface area contributed by atoms with E-state index in [4.69, 9.17) is 15.1 Å². The standard InChI is InChI=1S/C12H6N4O5/c13-6-7-1-3-10(9(5-7)16(19)20)21-11-4-2-8(12(17)18)14-15-11/h1-5H,(H,17,18). The van der Waals surface area contributed by atoms with E-state index in [1.165, 1.54) is 18.2 Å². The molecular weight excluding hydrogens is 280 g/mol. The zero-order valence-electron chi connectivity index (χ0n) is 10.3. The first kappa shape index (κ1) is 13.9. The fourth-order valence-corrected chi connectivity index (χ4v) is 1.42. The molecular formula is C12H6N4O5. The van der Waals surface area contributed by atoms with Crippen LogP contribution in [0.15, 0.2) is 30.3 Å². The van der Waals surface area contributed by atoms with Crippen LogP contribution < -0.4 is 4.74 Å². The highest BCUT2D eigenvalue weighted by atomic mass is 16.6. The predicted octanol–water partition coefficient (Wildman–Crippen LogP) is 1.75. The van der Waals surface area contributed by atoms with Gasteiger partial charge >= 0.3 is 11.7 Å². The minimum atomic E-state index is -1.25. The van der Waals surface area contributed by atoms with Gasteiger partial charge in [0.05, 0.1) is 16.6 Å². The van der Waals surface area contributed by atoms with Gasteiger partial charge in [-0.05, 0) is 18.2 Å². The molecule has 2 rings (SSSR count). The summed E-state index contributed by atoms with van der Waals surface area (Å²) in [5.74, 6) is -1.48. The number of nitriles is 1. The summed E-state index contributed by atoms with van der Waals surface area (Å²) < 4.78 is 5.19. The van der Waals surface area contributed by atoms with E-state index in [-0.39, 0.29) is 22.9 Å². The topological polar surface area (TPSA) is 139 Å². The maximum Gasteiger partial charge on any atom is 0.356 e. The average molecular weight is 286 g/mol. The van der Waals surface area contributed by atoms with Crippen LogP contribution in [0, 0.1) is 21.4 Å². The Balaban J connectivity index is 2.33. The Hall–Kier alpha value is -3.54. The molecule has 0 aliphatic heterocycles. The summed E-state index contributed by atoms with van der Waals surface area (Å²) in [5, 5.41) is 35.2. The van der Waals surface area contributed by atoms with Crippen LogP contribution in [0.4, 0.5) is 5.69 Å². The van der Waals surface area contributed by atoms with E-state index in [0.717, 1.165) is 12.1 Å². The van der Waals surface area contributed by atoms with Gasteiger partial charge in [0.1, 0.15) is 0 Å². The van der Waals surface area contributed by atoms with Crippen molar-refractivity contribution in [2.24, 2.45) is 0 Å². The number of rotatable bonds is 4. The Morgan fingerprint density at radius 1 is 1.33 bits per heavy atom. The van der Waals surface area contributed by atoms with Gasteiger partial charge in [0, 0.05) is 12.1 Å². The molecule has 1 N–H and O–H groups in total. The molecule has 2 aromatic rings. The number of hydrogen-bond acceptors (Lipinski definition) is 7. The van der Waals surface area contributed by atoms with Crippen LogP contribution >= 0.6 is 0 Å². The van der Waals surface area contributed by atoms with Crippen molar-refractivity contribution in [2.45, 2.75) is 0 Å². The number of nitrogens with zero attached hydrogens (tertiary/aromatic N) is 4. The summed E-state index contributed by atoms with van der Waals surface area (Å²) in [6, 6.07) is 7.82. The molecule has 0 saturated carbocycles. The zero-order valence-corrected chi connectivity index (χ0v) is 10.3. The molecule has 0 saturated heterocycles. The Kier molecular flexibility index (Phi) is 3.71. The molecule has 0 aliphatic carbocycles. The minimum Gasteiger partial charge on any atom is -0.476 e. The Morgan fingerprint density at radius 2 is 2.10 bits per heavy atom. The van der Waals surface area contributed by atoms with Crippen LogP contribution in [0.25, 0.3) is 0 Å². The van der Waals surface area contributed by atoms with Crippen molar-refractivity contribution in [1.82, 2.24) is 10.2 Å². The third-order valence-electron chi connectivity index (χ3n) is 2.36. The van der Waals surface area contributed by atoms with E-state index >= 15 is 0 Å². The molecule has 1 heterocycles. The molecule has 9 nitrogen and oxygen atoms in total. The van der Waals surface area contributed by atoms with Gasteiger partial charge in [0.2, 0.25) is 11.6 Å². The smallest absolute Gasteiger partial charge is 0.356 e. The zero-order chi connectivity index (χ0) is 15.4. The van der Waals surface area contributed by atoms with Gasteiger partial charge < -0.3 is 9.84 Å². The van der Waals surface area contributed by atoms with Gasteiger partial charge in [0.25, 0.3) is 0 Å². The van der Waals surface area contributed by atoms with Crippen LogP contribution in [0.2, 0.25) is 0 Å². The Bertz CT molecular complexity index is 751. The minimum absolute atomic E-state index is 0.104. The second kappa shape index (κ2) is 5.62. The van der Waals surface area contributed by atoms with E-state index in [1.54, 1.807) is 6.07 Å². The van der Waals surface area contributed by atoms with Crippen LogP contribution in [0.3, 0.4) is 0 Å². The molecule has 104 valence electrons. The highest BCUT2D eigenvalue weighted by molar-refractivity contribution is 5.84. The van der Waals surface area contributed by atoms with Gasteiger partial charge in [-0.3, -0.25) is 10.1 Å². The second-order valence-electron chi connectivity index (χ2n) is 3.72. The third-order valence-corrected chi connectivity index (χ3v) is 2.36. The highest BCUT2D eigenvalue weighted by Gasteiger charge is 2.17. The van der Waals surface area contributed by atoms with Gasteiger partial charge in [-0.25, -0.2) is 4.79 Å². The first-order valence-corrected chi connectivity index (χ1v) is 5.44. The molecule has 0 amide bonds. The lowest BCUT2D eigenvalue weighted by molar-refractivity contribution is -0.385. The van der Waals surface area contributed by atoms with Crippen molar-refractivity contribution in [3.05, 3.63) is 51.7 Å². The van der Waals surface area contributed by atoms with Crippen LogP contribution in [-0.4, -0.2) is 26.2 Å². The summed E-state index contributed by atoms with van der Waals surface area (Å²) in [4.78, 5) is 20.8. The summed E-state index contributed by atoms with van der Waals surface area (Å²) in [6.45, 7) is 0. The van der Waals surface area contributed by atoms with Crippen molar-refractivity contribution in [3.8, 4) is 17.7 Å². The van der Waals surface area contributed by atoms with Crippen LogP contribution in [0.5, 0.6) is 11.6 Å². The lowest BCUT2D eigenvalue weighted by atomic mass is 10.2. The third kappa shape index (κ3) is 3.07. The molecule has 0 atom stereocenters. The van der Waals surface area contributed by atoms with E-state index in [0.29, 0.717) is 0 Å². The number of ether oxygens (including phenoxy) is 1. The first-order valence-electron chi connectivity index (χ1n) is 5.44. The number of aromatic carboxylic acids is 1. The molecule has 0 spiro atoms. The monoisotopic (exact) mass is 286 g/mol. The number of carboxylic acid groups (broad SMARTS) is 1. The van der Waals surface area contributed by atoms with Gasteiger partial charge in [0.15, 0.2) is 5.69 Å². The summed E-state index contributed by atoms with van der Waals surface area (Å²) >= 11 is 0. The second-order valence-corrected chi connectivity index (χ2v) is 3.72. The number of carbonyl (C=O) groups is 1. The van der Waals surface area contributed by atoms with E-state index in [1.807, 2.05) is 0 Å². The fraction of sp³-hybridized carbons (Fsp3) is 0. The molecule has 1 aromatic heterocycles. The molecule has 0 aliphatic rings. The quantitative estimate of drug-likeness (QED) is 0.662. The van der Waals surface area contributed by atoms with Crippen LogP contribution in [0.1, 0.15) is 16.1 Å². The maximum atomic E-state index is 10.9.